The summed E-state index contributed by atoms with van der Waals surface area (Å²) in [5.41, 5.74) is 19.0. The van der Waals surface area contributed by atoms with Gasteiger partial charge in [-0.3, -0.25) is 0 Å². The fraction of sp³-hybridized carbons (Fsp3) is 0.0175. The van der Waals surface area contributed by atoms with Crippen molar-refractivity contribution >= 4 is 43.5 Å². The van der Waals surface area contributed by atoms with E-state index in [-0.39, 0.29) is 0 Å². The molecule has 2 aliphatic carbocycles. The zero-order valence-electron chi connectivity index (χ0n) is 31.8. The minimum absolute atomic E-state index is 0.478. The van der Waals surface area contributed by atoms with E-state index in [0.717, 1.165) is 39.0 Å². The van der Waals surface area contributed by atoms with Gasteiger partial charge in [0.15, 0.2) is 0 Å². The minimum atomic E-state index is -0.478. The molecule has 2 heterocycles. The van der Waals surface area contributed by atoms with E-state index in [2.05, 4.69) is 182 Å². The quantitative estimate of drug-likeness (QED) is 0.176. The van der Waals surface area contributed by atoms with Gasteiger partial charge in [0, 0.05) is 21.7 Å². The topological polar surface area (TPSA) is 22.4 Å². The molecule has 11 aromatic rings. The highest BCUT2D eigenvalue weighted by atomic mass is 16.5. The minimum Gasteiger partial charge on any atom is -0.456 e. The zero-order valence-corrected chi connectivity index (χ0v) is 31.8. The number of fused-ring (bicyclic) bond motifs is 17. The van der Waals surface area contributed by atoms with E-state index in [1.807, 2.05) is 12.1 Å². The Morgan fingerprint density at radius 2 is 1.00 bits per heavy atom. The fourth-order valence-electron chi connectivity index (χ4n) is 11.1. The van der Waals surface area contributed by atoms with Gasteiger partial charge < -0.3 is 9.15 Å². The molecule has 10 aromatic carbocycles. The molecule has 0 saturated heterocycles. The maximum atomic E-state index is 6.52. The Labute approximate surface area is 340 Å². The monoisotopic (exact) mass is 748 g/mol. The van der Waals surface area contributed by atoms with Crippen molar-refractivity contribution in [1.29, 1.82) is 0 Å². The van der Waals surface area contributed by atoms with Crippen LogP contribution in [0.15, 0.2) is 199 Å². The lowest BCUT2D eigenvalue weighted by Gasteiger charge is -2.31. The highest BCUT2D eigenvalue weighted by molar-refractivity contribution is 6.12. The molecule has 1 spiro atoms. The van der Waals surface area contributed by atoms with Crippen molar-refractivity contribution in [3.63, 3.8) is 0 Å². The first-order valence-corrected chi connectivity index (χ1v) is 20.4. The average molecular weight is 749 g/mol. The summed E-state index contributed by atoms with van der Waals surface area (Å²) in [5.74, 6) is 1.81. The van der Waals surface area contributed by atoms with Gasteiger partial charge in [-0.1, -0.05) is 152 Å². The van der Waals surface area contributed by atoms with Crippen LogP contribution in [0, 0.1) is 0 Å². The third-order valence-corrected chi connectivity index (χ3v) is 13.5. The lowest BCUT2D eigenvalue weighted by atomic mass is 9.70. The van der Waals surface area contributed by atoms with Crippen molar-refractivity contribution in [2.24, 2.45) is 0 Å². The summed E-state index contributed by atoms with van der Waals surface area (Å²) >= 11 is 0. The molecule has 59 heavy (non-hydrogen) atoms. The molecule has 14 rings (SSSR count). The third-order valence-electron chi connectivity index (χ3n) is 13.5. The standard InChI is InChI=1S/C57H32O2/c1-4-18-47-39(12-1)40-13-2-5-19-48(40)57(47)49-27-26-38-37(36-24-29-52-45(31-36)41-14-3-6-20-51(41)58-52)15-9-17-42(38)56(49)44-25-22-35(32-50(44)57)34-23-28-53-46(30-34)43-16-7-10-33-11-8-21-54(59-53)55(33)43/h1-32H. The molecule has 1 aliphatic heterocycles. The summed E-state index contributed by atoms with van der Waals surface area (Å²) in [6.45, 7) is 0. The first-order valence-electron chi connectivity index (χ1n) is 20.4. The molecule has 272 valence electrons. The number of furan rings is 1. The third kappa shape index (κ3) is 4.00. The van der Waals surface area contributed by atoms with Crippen molar-refractivity contribution in [1.82, 2.24) is 0 Å². The second kappa shape index (κ2) is 11.2. The van der Waals surface area contributed by atoms with E-state index >= 15 is 0 Å². The van der Waals surface area contributed by atoms with Gasteiger partial charge in [-0.2, -0.15) is 0 Å². The number of hydrogen-bond donors (Lipinski definition) is 0. The summed E-state index contributed by atoms with van der Waals surface area (Å²) in [7, 11) is 0. The number of benzene rings is 10. The van der Waals surface area contributed by atoms with E-state index in [0.29, 0.717) is 0 Å². The molecular weight excluding hydrogens is 717 g/mol. The molecule has 2 heteroatoms. The summed E-state index contributed by atoms with van der Waals surface area (Å²) in [6.07, 6.45) is 0. The molecule has 0 unspecified atom stereocenters. The summed E-state index contributed by atoms with van der Waals surface area (Å²) < 4.78 is 12.8. The van der Waals surface area contributed by atoms with E-state index in [9.17, 15) is 0 Å². The Bertz CT molecular complexity index is 3610. The molecule has 0 radical (unpaired) electrons. The highest BCUT2D eigenvalue weighted by Crippen LogP contribution is 2.64. The van der Waals surface area contributed by atoms with Gasteiger partial charge in [0.05, 0.1) is 5.41 Å². The number of ether oxygens (including phenoxy) is 1. The van der Waals surface area contributed by atoms with Crippen LogP contribution in [0.25, 0.3) is 99.1 Å². The lowest BCUT2D eigenvalue weighted by molar-refractivity contribution is 0.487. The molecule has 0 amide bonds. The van der Waals surface area contributed by atoms with Crippen LogP contribution >= 0.6 is 0 Å². The van der Waals surface area contributed by atoms with Crippen LogP contribution in [0.4, 0.5) is 0 Å². The molecule has 0 saturated carbocycles. The molecular formula is C57H32O2. The first-order chi connectivity index (χ1) is 29.2. The average Bonchev–Trinajstić information content (AvgIpc) is 3.92. The van der Waals surface area contributed by atoms with Crippen LogP contribution in [0.2, 0.25) is 0 Å². The zero-order chi connectivity index (χ0) is 38.4. The second-order valence-electron chi connectivity index (χ2n) is 16.3. The van der Waals surface area contributed by atoms with Crippen LogP contribution in [0.3, 0.4) is 0 Å². The van der Waals surface area contributed by atoms with Crippen LogP contribution < -0.4 is 4.74 Å². The van der Waals surface area contributed by atoms with Crippen LogP contribution in [0.1, 0.15) is 22.3 Å². The molecule has 0 fully saturated rings. The number of hydrogen-bond acceptors (Lipinski definition) is 2. The van der Waals surface area contributed by atoms with Crippen molar-refractivity contribution in [2.75, 3.05) is 0 Å². The Hall–Kier alpha value is -7.68. The number of rotatable bonds is 2. The first kappa shape index (κ1) is 31.4. The molecule has 3 aliphatic rings. The van der Waals surface area contributed by atoms with Crippen molar-refractivity contribution in [3.8, 4) is 67.1 Å². The smallest absolute Gasteiger partial charge is 0.135 e. The molecule has 1 aromatic heterocycles. The molecule has 0 atom stereocenters. The number of para-hydroxylation sites is 1. The molecule has 0 N–H and O–H groups in total. The van der Waals surface area contributed by atoms with E-state index in [1.165, 1.54) is 93.9 Å². The normalized spacial score (nSPS) is 13.7. The van der Waals surface area contributed by atoms with Gasteiger partial charge in [-0.25, -0.2) is 0 Å². The predicted molar refractivity (Wildman–Crippen MR) is 241 cm³/mol. The predicted octanol–water partition coefficient (Wildman–Crippen LogP) is 15.3. The van der Waals surface area contributed by atoms with Crippen LogP contribution in [0.5, 0.6) is 11.5 Å². The summed E-state index contributed by atoms with van der Waals surface area (Å²) in [6, 6.07) is 71.5. The van der Waals surface area contributed by atoms with Gasteiger partial charge >= 0.3 is 0 Å². The highest BCUT2D eigenvalue weighted by Gasteiger charge is 2.52. The van der Waals surface area contributed by atoms with Crippen LogP contribution in [-0.4, -0.2) is 0 Å². The van der Waals surface area contributed by atoms with E-state index in [4.69, 9.17) is 9.15 Å². The van der Waals surface area contributed by atoms with Crippen LogP contribution in [-0.2, 0) is 5.41 Å². The Kier molecular flexibility index (Phi) is 5.99. The van der Waals surface area contributed by atoms with Crippen molar-refractivity contribution in [2.45, 2.75) is 5.41 Å². The van der Waals surface area contributed by atoms with Gasteiger partial charge in [0.2, 0.25) is 0 Å². The summed E-state index contributed by atoms with van der Waals surface area (Å²) in [4.78, 5) is 0. The van der Waals surface area contributed by atoms with Gasteiger partial charge in [-0.05, 0) is 131 Å². The lowest BCUT2D eigenvalue weighted by Crippen LogP contribution is -2.25. The maximum absolute atomic E-state index is 6.52. The van der Waals surface area contributed by atoms with Crippen molar-refractivity contribution in [3.05, 3.63) is 216 Å². The van der Waals surface area contributed by atoms with Gasteiger partial charge in [0.1, 0.15) is 22.7 Å². The van der Waals surface area contributed by atoms with Crippen molar-refractivity contribution < 1.29 is 9.15 Å². The fourth-order valence-corrected chi connectivity index (χ4v) is 11.1. The van der Waals surface area contributed by atoms with E-state index < -0.39 is 5.41 Å². The SMILES string of the molecule is c1ccc2c(c1)-c1ccccc1C21c2cc(-c3ccc4c(c3)-c3cccc5cccc(c35)O4)ccc2-c2c1ccc1c(-c3ccc4oc5ccccc5c4c3)cccc21. The summed E-state index contributed by atoms with van der Waals surface area (Å²) in [5, 5.41) is 7.16. The maximum Gasteiger partial charge on any atom is 0.135 e. The Balaban J connectivity index is 1.02. The largest absolute Gasteiger partial charge is 0.456 e. The van der Waals surface area contributed by atoms with Gasteiger partial charge in [0.25, 0.3) is 0 Å². The Morgan fingerprint density at radius 3 is 1.88 bits per heavy atom. The van der Waals surface area contributed by atoms with Gasteiger partial charge in [-0.15, -0.1) is 0 Å². The molecule has 2 nitrogen and oxygen atoms in total. The Morgan fingerprint density at radius 1 is 0.322 bits per heavy atom. The second-order valence-corrected chi connectivity index (χ2v) is 16.3. The van der Waals surface area contributed by atoms with E-state index in [1.54, 1.807) is 0 Å². The molecule has 0 bridgehead atoms.